The number of aromatic nitrogens is 5. The molecule has 3 aromatic carbocycles. The van der Waals surface area contributed by atoms with Gasteiger partial charge >= 0.3 is 0 Å². The molecule has 1 aliphatic rings. The number of methoxy groups -OCH3 is 2. The van der Waals surface area contributed by atoms with Crippen molar-refractivity contribution in [2.75, 3.05) is 20.8 Å². The van der Waals surface area contributed by atoms with Gasteiger partial charge in [-0.1, -0.05) is 12.1 Å². The van der Waals surface area contributed by atoms with E-state index in [4.69, 9.17) is 19.2 Å². The van der Waals surface area contributed by atoms with Gasteiger partial charge in [0.05, 0.1) is 48.5 Å². The second-order valence-electron chi connectivity index (χ2n) is 11.3. The topological polar surface area (TPSA) is 136 Å². The zero-order valence-corrected chi connectivity index (χ0v) is 27.4. The second kappa shape index (κ2) is 12.8. The van der Waals surface area contributed by atoms with Crippen molar-refractivity contribution in [1.82, 2.24) is 24.3 Å². The van der Waals surface area contributed by atoms with Crippen LogP contribution >= 0.6 is 15.9 Å². The van der Waals surface area contributed by atoms with Gasteiger partial charge in [-0.05, 0) is 77.2 Å². The van der Waals surface area contributed by atoms with Crippen molar-refractivity contribution in [3.05, 3.63) is 103 Å². The minimum atomic E-state index is -0.709. The minimum Gasteiger partial charge on any atom is -0.497 e. The molecule has 1 atom stereocenters. The molecular formula is C34H28BrFN6O6. The maximum Gasteiger partial charge on any atom is 0.292 e. The zero-order valence-electron chi connectivity index (χ0n) is 25.9. The number of halogens is 2. The molecule has 0 amide bonds. The Kier molecular flexibility index (Phi) is 8.35. The first-order valence-corrected chi connectivity index (χ1v) is 15.9. The molecule has 1 saturated heterocycles. The van der Waals surface area contributed by atoms with Crippen LogP contribution in [-0.4, -0.2) is 50.1 Å². The number of rotatable bonds is 8. The molecule has 3 aromatic heterocycles. The Hall–Kier alpha value is -5.21. The first kappa shape index (κ1) is 31.4. The van der Waals surface area contributed by atoms with E-state index in [0.29, 0.717) is 44.7 Å². The monoisotopic (exact) mass is 714 g/mol. The van der Waals surface area contributed by atoms with Crippen molar-refractivity contribution in [3.63, 3.8) is 0 Å². The molecule has 1 fully saturated rings. The Morgan fingerprint density at radius 2 is 1.94 bits per heavy atom. The van der Waals surface area contributed by atoms with Crippen LogP contribution in [0.2, 0.25) is 0 Å². The second-order valence-corrected chi connectivity index (χ2v) is 12.1. The van der Waals surface area contributed by atoms with Crippen molar-refractivity contribution in [1.29, 1.82) is 0 Å². The molecular weight excluding hydrogens is 687 g/mol. The van der Waals surface area contributed by atoms with Crippen LogP contribution in [0.25, 0.3) is 44.3 Å². The van der Waals surface area contributed by atoms with Gasteiger partial charge in [0.15, 0.2) is 6.23 Å². The van der Waals surface area contributed by atoms with Crippen molar-refractivity contribution >= 4 is 43.4 Å². The molecule has 0 bridgehead atoms. The summed E-state index contributed by atoms with van der Waals surface area (Å²) >= 11 is 3.56. The third-order valence-electron chi connectivity index (χ3n) is 8.51. The molecule has 4 heterocycles. The Morgan fingerprint density at radius 3 is 2.65 bits per heavy atom. The molecule has 0 radical (unpaired) electrons. The average molecular weight is 716 g/mol. The zero-order chi connectivity index (χ0) is 33.5. The van der Waals surface area contributed by atoms with E-state index in [1.807, 2.05) is 6.07 Å². The summed E-state index contributed by atoms with van der Waals surface area (Å²) in [6, 6.07) is 14.8. The Balaban J connectivity index is 1.50. The van der Waals surface area contributed by atoms with E-state index in [1.165, 1.54) is 31.0 Å². The first-order valence-electron chi connectivity index (χ1n) is 15.1. The normalized spacial score (nSPS) is 14.8. The minimum absolute atomic E-state index is 0.0752. The highest BCUT2D eigenvalue weighted by atomic mass is 79.9. The lowest BCUT2D eigenvalue weighted by atomic mass is 9.98. The van der Waals surface area contributed by atoms with Gasteiger partial charge in [-0.3, -0.25) is 19.5 Å². The van der Waals surface area contributed by atoms with Crippen molar-refractivity contribution in [3.8, 4) is 34.0 Å². The van der Waals surface area contributed by atoms with Crippen LogP contribution in [0.4, 0.5) is 10.1 Å². The Bertz CT molecular complexity index is 2270. The van der Waals surface area contributed by atoms with Crippen LogP contribution in [0.3, 0.4) is 0 Å². The molecule has 1 aliphatic heterocycles. The van der Waals surface area contributed by atoms with Crippen molar-refractivity contribution < 1.29 is 23.5 Å². The van der Waals surface area contributed by atoms with Crippen LogP contribution in [-0.2, 0) is 11.3 Å². The molecule has 1 unspecified atom stereocenters. The molecule has 7 rings (SSSR count). The van der Waals surface area contributed by atoms with E-state index in [-0.39, 0.29) is 35.1 Å². The third-order valence-corrected chi connectivity index (χ3v) is 9.11. The molecule has 0 aliphatic carbocycles. The number of nitro groups is 1. The highest BCUT2D eigenvalue weighted by molar-refractivity contribution is 9.10. The van der Waals surface area contributed by atoms with E-state index >= 15 is 0 Å². The first-order chi connectivity index (χ1) is 23.3. The van der Waals surface area contributed by atoms with Crippen LogP contribution in [0.15, 0.2) is 76.3 Å². The van der Waals surface area contributed by atoms with E-state index in [0.717, 1.165) is 30.8 Å². The predicted molar refractivity (Wildman–Crippen MR) is 180 cm³/mol. The number of hydrogen-bond acceptors (Lipinski definition) is 9. The molecule has 244 valence electrons. The van der Waals surface area contributed by atoms with Gasteiger partial charge in [-0.2, -0.15) is 9.49 Å². The number of nitro benzene ring substituents is 1. The summed E-state index contributed by atoms with van der Waals surface area (Å²) in [7, 11) is 3.01. The van der Waals surface area contributed by atoms with E-state index in [9.17, 15) is 19.3 Å². The van der Waals surface area contributed by atoms with Gasteiger partial charge in [0, 0.05) is 39.9 Å². The lowest BCUT2D eigenvalue weighted by Crippen LogP contribution is -2.25. The van der Waals surface area contributed by atoms with Crippen LogP contribution < -0.4 is 15.0 Å². The maximum atomic E-state index is 14.7. The van der Waals surface area contributed by atoms with Crippen LogP contribution in [0, 0.1) is 16.1 Å². The number of benzene rings is 3. The lowest BCUT2D eigenvalue weighted by Gasteiger charge is -2.23. The third kappa shape index (κ3) is 5.46. The summed E-state index contributed by atoms with van der Waals surface area (Å²) in [5, 5.41) is 18.1. The molecule has 14 heteroatoms. The average Bonchev–Trinajstić information content (AvgIpc) is 3.55. The summed E-state index contributed by atoms with van der Waals surface area (Å²) in [6.45, 7) is 0.552. The quantitative estimate of drug-likeness (QED) is 0.0923. The van der Waals surface area contributed by atoms with E-state index in [2.05, 4.69) is 26.0 Å². The van der Waals surface area contributed by atoms with Gasteiger partial charge in [0.1, 0.15) is 22.7 Å². The van der Waals surface area contributed by atoms with E-state index < -0.39 is 22.1 Å². The number of nitrogens with zero attached hydrogens (tertiary/aromatic N) is 6. The predicted octanol–water partition coefficient (Wildman–Crippen LogP) is 7.05. The van der Waals surface area contributed by atoms with E-state index in [1.54, 1.807) is 47.3 Å². The highest BCUT2D eigenvalue weighted by Gasteiger charge is 2.30. The molecule has 48 heavy (non-hydrogen) atoms. The van der Waals surface area contributed by atoms with Crippen LogP contribution in [0.5, 0.6) is 11.5 Å². The lowest BCUT2D eigenvalue weighted by molar-refractivity contribution is -0.382. The van der Waals surface area contributed by atoms with Gasteiger partial charge < -0.3 is 14.2 Å². The fourth-order valence-corrected chi connectivity index (χ4v) is 6.73. The smallest absolute Gasteiger partial charge is 0.292 e. The van der Waals surface area contributed by atoms with Crippen LogP contribution in [0.1, 0.15) is 31.1 Å². The number of pyridine rings is 1. The summed E-state index contributed by atoms with van der Waals surface area (Å²) in [5.41, 5.74) is 1.42. The summed E-state index contributed by atoms with van der Waals surface area (Å²) in [5.74, 6) is 0.398. The summed E-state index contributed by atoms with van der Waals surface area (Å²) in [4.78, 5) is 35.6. The van der Waals surface area contributed by atoms with Crippen molar-refractivity contribution in [2.24, 2.45) is 0 Å². The number of hydrogen-bond donors (Lipinski definition) is 0. The summed E-state index contributed by atoms with van der Waals surface area (Å²) in [6.07, 6.45) is 5.48. The Morgan fingerprint density at radius 1 is 1.08 bits per heavy atom. The standard InChI is InChI=1S/C34H28BrFN6O6/c1-46-21-11-9-20(27(14-21)47-2)18-40-33(19-10-12-28(36)37-16-19)39-31-25(35)15-23(32(42(44)45)30(31)34(40)43)22-6-5-7-26-24(22)17-38-41(26)29-8-3-4-13-48-29/h5-7,9-12,14-17,29H,3-4,8,13,18H2,1-2H3. The number of fused-ring (bicyclic) bond motifs is 2. The fourth-order valence-electron chi connectivity index (χ4n) is 6.21. The van der Waals surface area contributed by atoms with Crippen molar-refractivity contribution in [2.45, 2.75) is 32.0 Å². The molecule has 0 N–H and O–H groups in total. The number of ether oxygens (including phenoxy) is 3. The Labute approximate surface area is 281 Å². The van der Waals surface area contributed by atoms with Gasteiger partial charge in [0.25, 0.3) is 11.2 Å². The molecule has 6 aromatic rings. The molecule has 0 spiro atoms. The van der Waals surface area contributed by atoms with Gasteiger partial charge in [0.2, 0.25) is 5.95 Å². The largest absolute Gasteiger partial charge is 0.497 e. The SMILES string of the molecule is COc1ccc(Cn2c(-c3ccc(F)nc3)nc3c(Br)cc(-c4cccc5c4cnn5C4CCCCO4)c([N+](=O)[O-])c3c2=O)c(OC)c1. The van der Waals surface area contributed by atoms with Gasteiger partial charge in [-0.25, -0.2) is 14.6 Å². The highest BCUT2D eigenvalue weighted by Crippen LogP contribution is 2.42. The van der Waals surface area contributed by atoms with Gasteiger partial charge in [-0.15, -0.1) is 0 Å². The maximum absolute atomic E-state index is 14.7. The molecule has 0 saturated carbocycles. The summed E-state index contributed by atoms with van der Waals surface area (Å²) < 4.78 is 34.2. The molecule has 12 nitrogen and oxygen atoms in total. The fraction of sp³-hybridized carbons (Fsp3) is 0.235.